The molecular formula is C16H16FN. The van der Waals surface area contributed by atoms with Gasteiger partial charge in [0.2, 0.25) is 0 Å². The average Bonchev–Trinajstić information content (AvgIpc) is 2.42. The van der Waals surface area contributed by atoms with Crippen LogP contribution >= 0.6 is 0 Å². The molecule has 0 saturated heterocycles. The molecule has 0 aromatic heterocycles. The zero-order valence-electron chi connectivity index (χ0n) is 10.2. The van der Waals surface area contributed by atoms with Gasteiger partial charge in [-0.25, -0.2) is 4.39 Å². The molecule has 1 heterocycles. The molecule has 1 aliphatic heterocycles. The van der Waals surface area contributed by atoms with Gasteiger partial charge >= 0.3 is 0 Å². The number of benzene rings is 2. The predicted molar refractivity (Wildman–Crippen MR) is 71.0 cm³/mol. The van der Waals surface area contributed by atoms with Gasteiger partial charge in [-0.3, -0.25) is 0 Å². The van der Waals surface area contributed by atoms with Crippen molar-refractivity contribution in [2.45, 2.75) is 18.9 Å². The highest BCUT2D eigenvalue weighted by molar-refractivity contribution is 5.34. The minimum Gasteiger partial charge on any atom is -0.309 e. The SMILES string of the molecule is Fc1ccc(CC2NCCc3ccccc32)cc1. The van der Waals surface area contributed by atoms with Crippen molar-refractivity contribution in [1.82, 2.24) is 5.32 Å². The molecule has 18 heavy (non-hydrogen) atoms. The van der Waals surface area contributed by atoms with Crippen LogP contribution in [0.5, 0.6) is 0 Å². The first-order chi connectivity index (χ1) is 8.83. The van der Waals surface area contributed by atoms with Crippen LogP contribution < -0.4 is 5.32 Å². The van der Waals surface area contributed by atoms with Gasteiger partial charge in [0.25, 0.3) is 0 Å². The second-order valence-electron chi connectivity index (χ2n) is 4.79. The summed E-state index contributed by atoms with van der Waals surface area (Å²) >= 11 is 0. The Kier molecular flexibility index (Phi) is 3.11. The molecule has 0 bridgehead atoms. The fourth-order valence-corrected chi connectivity index (χ4v) is 2.63. The first kappa shape index (κ1) is 11.4. The third-order valence-electron chi connectivity index (χ3n) is 3.57. The molecule has 1 atom stereocenters. The number of hydrogen-bond acceptors (Lipinski definition) is 1. The van der Waals surface area contributed by atoms with Crippen LogP contribution in [0.4, 0.5) is 4.39 Å². The van der Waals surface area contributed by atoms with Gasteiger partial charge in [-0.2, -0.15) is 0 Å². The zero-order chi connectivity index (χ0) is 12.4. The van der Waals surface area contributed by atoms with Gasteiger partial charge in [0.1, 0.15) is 5.82 Å². The van der Waals surface area contributed by atoms with Gasteiger partial charge in [-0.1, -0.05) is 36.4 Å². The molecule has 92 valence electrons. The molecule has 0 spiro atoms. The molecule has 1 aliphatic rings. The smallest absolute Gasteiger partial charge is 0.123 e. The van der Waals surface area contributed by atoms with E-state index in [9.17, 15) is 4.39 Å². The molecule has 0 radical (unpaired) electrons. The van der Waals surface area contributed by atoms with Crippen molar-refractivity contribution in [3.8, 4) is 0 Å². The number of nitrogens with one attached hydrogen (secondary N) is 1. The summed E-state index contributed by atoms with van der Waals surface area (Å²) in [6.07, 6.45) is 2.01. The van der Waals surface area contributed by atoms with Gasteiger partial charge < -0.3 is 5.32 Å². The summed E-state index contributed by atoms with van der Waals surface area (Å²) in [5.41, 5.74) is 3.99. The molecule has 2 heteroatoms. The number of fused-ring (bicyclic) bond motifs is 1. The summed E-state index contributed by atoms with van der Waals surface area (Å²) in [6, 6.07) is 15.7. The van der Waals surface area contributed by atoms with E-state index in [4.69, 9.17) is 0 Å². The third kappa shape index (κ3) is 2.29. The lowest BCUT2D eigenvalue weighted by molar-refractivity contribution is 0.502. The maximum atomic E-state index is 12.9. The molecule has 1 unspecified atom stereocenters. The zero-order valence-corrected chi connectivity index (χ0v) is 10.2. The van der Waals surface area contributed by atoms with Crippen molar-refractivity contribution in [3.63, 3.8) is 0 Å². The topological polar surface area (TPSA) is 12.0 Å². The fourth-order valence-electron chi connectivity index (χ4n) is 2.63. The number of rotatable bonds is 2. The van der Waals surface area contributed by atoms with E-state index in [2.05, 4.69) is 29.6 Å². The summed E-state index contributed by atoms with van der Waals surface area (Å²) < 4.78 is 12.9. The summed E-state index contributed by atoms with van der Waals surface area (Å²) in [5.74, 6) is -0.171. The molecule has 0 saturated carbocycles. The van der Waals surface area contributed by atoms with Crippen LogP contribution in [0.3, 0.4) is 0 Å². The van der Waals surface area contributed by atoms with Crippen molar-refractivity contribution in [3.05, 3.63) is 71.0 Å². The van der Waals surface area contributed by atoms with E-state index in [1.165, 1.54) is 28.8 Å². The van der Waals surface area contributed by atoms with E-state index < -0.39 is 0 Å². The standard InChI is InChI=1S/C16H16FN/c17-14-7-5-12(6-8-14)11-16-15-4-2-1-3-13(15)9-10-18-16/h1-8,16,18H,9-11H2. The van der Waals surface area contributed by atoms with Crippen molar-refractivity contribution in [1.29, 1.82) is 0 Å². The van der Waals surface area contributed by atoms with Crippen LogP contribution in [-0.4, -0.2) is 6.54 Å². The lowest BCUT2D eigenvalue weighted by atomic mass is 9.90. The lowest BCUT2D eigenvalue weighted by Crippen LogP contribution is -2.31. The van der Waals surface area contributed by atoms with Gasteiger partial charge in [0.15, 0.2) is 0 Å². The van der Waals surface area contributed by atoms with E-state index in [1.807, 2.05) is 12.1 Å². The lowest BCUT2D eigenvalue weighted by Gasteiger charge is -2.27. The van der Waals surface area contributed by atoms with Crippen molar-refractivity contribution >= 4 is 0 Å². The molecule has 2 aromatic rings. The highest BCUT2D eigenvalue weighted by atomic mass is 19.1. The Labute approximate surface area is 107 Å². The quantitative estimate of drug-likeness (QED) is 0.851. The summed E-state index contributed by atoms with van der Waals surface area (Å²) in [6.45, 7) is 1.02. The minimum atomic E-state index is -0.171. The summed E-state index contributed by atoms with van der Waals surface area (Å²) in [7, 11) is 0. The Balaban J connectivity index is 1.84. The van der Waals surface area contributed by atoms with Crippen LogP contribution in [0.15, 0.2) is 48.5 Å². The van der Waals surface area contributed by atoms with Crippen LogP contribution in [0.1, 0.15) is 22.7 Å². The second-order valence-corrected chi connectivity index (χ2v) is 4.79. The Hall–Kier alpha value is -1.67. The Morgan fingerprint density at radius 2 is 1.83 bits per heavy atom. The third-order valence-corrected chi connectivity index (χ3v) is 3.57. The molecule has 2 aromatic carbocycles. The van der Waals surface area contributed by atoms with Gasteiger partial charge in [-0.05, 0) is 48.2 Å². The fraction of sp³-hybridized carbons (Fsp3) is 0.250. The molecule has 0 fully saturated rings. The molecular weight excluding hydrogens is 225 g/mol. The summed E-state index contributed by atoms with van der Waals surface area (Å²) in [5, 5.41) is 3.54. The highest BCUT2D eigenvalue weighted by Gasteiger charge is 2.19. The first-order valence-corrected chi connectivity index (χ1v) is 6.38. The Morgan fingerprint density at radius 3 is 2.67 bits per heavy atom. The van der Waals surface area contributed by atoms with Crippen molar-refractivity contribution in [2.24, 2.45) is 0 Å². The highest BCUT2D eigenvalue weighted by Crippen LogP contribution is 2.25. The normalized spacial score (nSPS) is 18.4. The van der Waals surface area contributed by atoms with Crippen LogP contribution in [-0.2, 0) is 12.8 Å². The Morgan fingerprint density at radius 1 is 1.06 bits per heavy atom. The van der Waals surface area contributed by atoms with Crippen LogP contribution in [0.2, 0.25) is 0 Å². The van der Waals surface area contributed by atoms with E-state index in [0.717, 1.165) is 19.4 Å². The van der Waals surface area contributed by atoms with Gasteiger partial charge in [-0.15, -0.1) is 0 Å². The molecule has 0 aliphatic carbocycles. The van der Waals surface area contributed by atoms with Crippen LogP contribution in [0, 0.1) is 5.82 Å². The van der Waals surface area contributed by atoms with Crippen molar-refractivity contribution < 1.29 is 4.39 Å². The monoisotopic (exact) mass is 241 g/mol. The second kappa shape index (κ2) is 4.91. The molecule has 3 rings (SSSR count). The maximum absolute atomic E-state index is 12.9. The average molecular weight is 241 g/mol. The van der Waals surface area contributed by atoms with E-state index >= 15 is 0 Å². The van der Waals surface area contributed by atoms with E-state index in [-0.39, 0.29) is 5.82 Å². The first-order valence-electron chi connectivity index (χ1n) is 6.38. The summed E-state index contributed by atoms with van der Waals surface area (Å²) in [4.78, 5) is 0. The largest absolute Gasteiger partial charge is 0.309 e. The molecule has 0 amide bonds. The minimum absolute atomic E-state index is 0.171. The molecule has 1 nitrogen and oxygen atoms in total. The van der Waals surface area contributed by atoms with E-state index in [1.54, 1.807) is 0 Å². The predicted octanol–water partition coefficient (Wildman–Crippen LogP) is 3.26. The van der Waals surface area contributed by atoms with Crippen LogP contribution in [0.25, 0.3) is 0 Å². The van der Waals surface area contributed by atoms with E-state index in [0.29, 0.717) is 6.04 Å². The number of hydrogen-bond donors (Lipinski definition) is 1. The van der Waals surface area contributed by atoms with Gasteiger partial charge in [0.05, 0.1) is 0 Å². The maximum Gasteiger partial charge on any atom is 0.123 e. The Bertz CT molecular complexity index is 533. The number of halogens is 1. The van der Waals surface area contributed by atoms with Gasteiger partial charge in [0, 0.05) is 6.04 Å². The molecule has 1 N–H and O–H groups in total. The van der Waals surface area contributed by atoms with Crippen molar-refractivity contribution in [2.75, 3.05) is 6.54 Å².